The number of piperazine rings is 1. The average Bonchev–Trinajstić information content (AvgIpc) is 3.32. The molecule has 0 radical (unpaired) electrons. The van der Waals surface area contributed by atoms with Crippen LogP contribution in [0.3, 0.4) is 0 Å². The maximum atomic E-state index is 13.9. The van der Waals surface area contributed by atoms with Gasteiger partial charge in [-0.15, -0.1) is 0 Å². The molecule has 1 aliphatic rings. The number of alkyl halides is 3. The monoisotopic (exact) mass is 519 g/mol. The summed E-state index contributed by atoms with van der Waals surface area (Å²) in [6, 6.07) is 7.19. The predicted molar refractivity (Wildman–Crippen MR) is 135 cm³/mol. The lowest BCUT2D eigenvalue weighted by Crippen LogP contribution is -2.44. The van der Waals surface area contributed by atoms with E-state index in [0.29, 0.717) is 29.9 Å². The number of fused-ring (bicyclic) bond motifs is 1. The second-order valence-electron chi connectivity index (χ2n) is 9.06. The van der Waals surface area contributed by atoms with Gasteiger partial charge in [0.25, 0.3) is 5.91 Å². The van der Waals surface area contributed by atoms with Crippen molar-refractivity contribution >= 4 is 17.2 Å². The van der Waals surface area contributed by atoms with Gasteiger partial charge in [0.2, 0.25) is 0 Å². The zero-order valence-corrected chi connectivity index (χ0v) is 20.5. The van der Waals surface area contributed by atoms with E-state index in [2.05, 4.69) is 37.1 Å². The van der Waals surface area contributed by atoms with E-state index in [-0.39, 0.29) is 23.4 Å². The number of nitrogens with zero attached hydrogens (tertiary/aromatic N) is 6. The summed E-state index contributed by atoms with van der Waals surface area (Å²) in [4.78, 5) is 25.3. The number of likely N-dealkylation sites (N-methyl/N-ethyl adjacent to an activating group) is 1. The lowest BCUT2D eigenvalue weighted by Gasteiger charge is -2.33. The average molecular weight is 520 g/mol. The van der Waals surface area contributed by atoms with Crippen LogP contribution in [0.1, 0.15) is 32.6 Å². The highest BCUT2D eigenvalue weighted by molar-refractivity contribution is 6.04. The van der Waals surface area contributed by atoms with Crippen molar-refractivity contribution in [1.82, 2.24) is 29.4 Å². The minimum atomic E-state index is -4.55. The Hall–Kier alpha value is -4.27. The van der Waals surface area contributed by atoms with Crippen molar-refractivity contribution in [1.29, 1.82) is 0 Å². The Balaban J connectivity index is 1.32. The molecule has 0 atom stereocenters. The molecule has 4 aromatic rings. The van der Waals surface area contributed by atoms with Gasteiger partial charge in [0, 0.05) is 68.8 Å². The van der Waals surface area contributed by atoms with E-state index in [4.69, 9.17) is 0 Å². The van der Waals surface area contributed by atoms with Crippen molar-refractivity contribution in [2.75, 3.05) is 38.5 Å². The topological polar surface area (TPSA) is 78.7 Å². The number of hydrogen-bond acceptors (Lipinski definition) is 6. The summed E-state index contributed by atoms with van der Waals surface area (Å²) in [6.45, 7) is 3.22. The van der Waals surface area contributed by atoms with E-state index in [0.717, 1.165) is 19.2 Å². The fourth-order valence-corrected chi connectivity index (χ4v) is 4.19. The highest BCUT2D eigenvalue weighted by Crippen LogP contribution is 2.34. The van der Waals surface area contributed by atoms with Gasteiger partial charge in [-0.05, 0) is 36.9 Å². The molecular weight excluding hydrogens is 495 g/mol. The molecule has 0 bridgehead atoms. The van der Waals surface area contributed by atoms with Crippen molar-refractivity contribution < 1.29 is 18.0 Å². The fraction of sp³-hybridized carbons (Fsp3) is 0.259. The molecule has 194 valence electrons. The summed E-state index contributed by atoms with van der Waals surface area (Å²) >= 11 is 0. The van der Waals surface area contributed by atoms with E-state index in [1.807, 2.05) is 11.9 Å². The van der Waals surface area contributed by atoms with Crippen molar-refractivity contribution in [3.05, 3.63) is 89.1 Å². The number of nitrogens with one attached hydrogen (secondary N) is 1. The Morgan fingerprint density at radius 1 is 1.08 bits per heavy atom. The first kappa shape index (κ1) is 25.4. The first-order valence-corrected chi connectivity index (χ1v) is 11.9. The van der Waals surface area contributed by atoms with Gasteiger partial charge in [0.05, 0.1) is 22.9 Å². The van der Waals surface area contributed by atoms with Crippen LogP contribution in [0.2, 0.25) is 0 Å². The maximum Gasteiger partial charge on any atom is 0.416 e. The zero-order valence-electron chi connectivity index (χ0n) is 20.5. The van der Waals surface area contributed by atoms with Crippen LogP contribution in [0.25, 0.3) is 5.65 Å². The normalized spacial score (nSPS) is 14.7. The molecule has 0 spiro atoms. The molecule has 1 N–H and O–H groups in total. The van der Waals surface area contributed by atoms with Crippen LogP contribution in [0.5, 0.6) is 0 Å². The summed E-state index contributed by atoms with van der Waals surface area (Å²) in [5, 5.41) is 6.73. The highest BCUT2D eigenvalue weighted by Gasteiger charge is 2.34. The molecule has 8 nitrogen and oxygen atoms in total. The summed E-state index contributed by atoms with van der Waals surface area (Å²) in [5.74, 6) is 5.32. The van der Waals surface area contributed by atoms with Crippen molar-refractivity contribution in [3.63, 3.8) is 0 Å². The number of anilines is 1. The Bertz CT molecular complexity index is 1530. The minimum absolute atomic E-state index is 0.0540. The predicted octanol–water partition coefficient (Wildman–Crippen LogP) is 3.54. The van der Waals surface area contributed by atoms with Gasteiger partial charge in [-0.3, -0.25) is 14.7 Å². The molecule has 1 amide bonds. The number of pyridine rings is 1. The van der Waals surface area contributed by atoms with Gasteiger partial charge >= 0.3 is 6.18 Å². The van der Waals surface area contributed by atoms with Crippen LogP contribution in [-0.4, -0.2) is 68.5 Å². The van der Waals surface area contributed by atoms with Gasteiger partial charge in [-0.1, -0.05) is 17.9 Å². The van der Waals surface area contributed by atoms with Crippen LogP contribution in [0.4, 0.5) is 18.9 Å². The van der Waals surface area contributed by atoms with Gasteiger partial charge in [0.15, 0.2) is 5.65 Å². The van der Waals surface area contributed by atoms with Crippen LogP contribution in [0.15, 0.2) is 61.3 Å². The molecular formula is C27H24F3N7O. The molecule has 5 rings (SSSR count). The summed E-state index contributed by atoms with van der Waals surface area (Å²) in [5.41, 5.74) is 1.32. The Morgan fingerprint density at radius 2 is 1.89 bits per heavy atom. The molecule has 0 unspecified atom stereocenters. The lowest BCUT2D eigenvalue weighted by molar-refractivity contribution is -0.138. The molecule has 4 heterocycles. The Kier molecular flexibility index (Phi) is 7.09. The standard InChI is InChI=1S/C27H24F3N7O/c1-35-9-11-36(12-10-35)18-21-5-6-23(14-24(21)27(28,29)30)34-26(38)22-13-19(15-31-16-22)3-4-20-17-33-37-8-2-7-32-25(20)37/h2,5-8,13-17H,9-12,18H2,1H3,(H,34,38). The van der Waals surface area contributed by atoms with Crippen molar-refractivity contribution in [2.45, 2.75) is 12.7 Å². The van der Waals surface area contributed by atoms with Crippen LogP contribution in [0, 0.1) is 11.8 Å². The number of aromatic nitrogens is 4. The number of halogens is 3. The molecule has 0 saturated carbocycles. The first-order chi connectivity index (χ1) is 18.3. The van der Waals surface area contributed by atoms with Gasteiger partial charge in [-0.2, -0.15) is 18.3 Å². The number of carbonyl (C=O) groups excluding carboxylic acids is 1. The summed E-state index contributed by atoms with van der Waals surface area (Å²) < 4.78 is 43.2. The van der Waals surface area contributed by atoms with Crippen molar-refractivity contribution in [3.8, 4) is 11.8 Å². The van der Waals surface area contributed by atoms with E-state index in [1.165, 1.54) is 30.6 Å². The molecule has 1 aromatic carbocycles. The van der Waals surface area contributed by atoms with Gasteiger partial charge in [0.1, 0.15) is 0 Å². The molecule has 0 aliphatic carbocycles. The third-order valence-corrected chi connectivity index (χ3v) is 6.28. The molecule has 38 heavy (non-hydrogen) atoms. The third kappa shape index (κ3) is 5.82. The number of amides is 1. The van der Waals surface area contributed by atoms with Crippen molar-refractivity contribution in [2.24, 2.45) is 0 Å². The minimum Gasteiger partial charge on any atom is -0.322 e. The number of carbonyl (C=O) groups is 1. The highest BCUT2D eigenvalue weighted by atomic mass is 19.4. The quantitative estimate of drug-likeness (QED) is 0.416. The van der Waals surface area contributed by atoms with E-state index < -0.39 is 17.6 Å². The van der Waals surface area contributed by atoms with E-state index >= 15 is 0 Å². The zero-order chi connectivity index (χ0) is 26.7. The lowest BCUT2D eigenvalue weighted by atomic mass is 10.0. The van der Waals surface area contributed by atoms with Crippen LogP contribution >= 0.6 is 0 Å². The molecule has 11 heteroatoms. The molecule has 1 saturated heterocycles. The molecule has 3 aromatic heterocycles. The Labute approximate surface area is 217 Å². The second-order valence-corrected chi connectivity index (χ2v) is 9.06. The first-order valence-electron chi connectivity index (χ1n) is 11.9. The van der Waals surface area contributed by atoms with E-state index in [9.17, 15) is 18.0 Å². The largest absolute Gasteiger partial charge is 0.416 e. The van der Waals surface area contributed by atoms with Gasteiger partial charge < -0.3 is 10.2 Å². The van der Waals surface area contributed by atoms with E-state index in [1.54, 1.807) is 29.2 Å². The molecule has 1 fully saturated rings. The molecule has 1 aliphatic heterocycles. The summed E-state index contributed by atoms with van der Waals surface area (Å²) in [6.07, 6.45) is 3.26. The number of rotatable bonds is 4. The Morgan fingerprint density at radius 3 is 2.68 bits per heavy atom. The SMILES string of the molecule is CN1CCN(Cc2ccc(NC(=O)c3cncc(C#Cc4cnn5cccnc45)c3)cc2C(F)(F)F)CC1. The maximum absolute atomic E-state index is 13.9. The van der Waals surface area contributed by atoms with Crippen LogP contribution in [-0.2, 0) is 12.7 Å². The smallest absolute Gasteiger partial charge is 0.322 e. The van der Waals surface area contributed by atoms with Gasteiger partial charge in [-0.25, -0.2) is 9.50 Å². The van der Waals surface area contributed by atoms with Crippen LogP contribution < -0.4 is 5.32 Å². The second kappa shape index (κ2) is 10.6. The number of hydrogen-bond donors (Lipinski definition) is 1. The summed E-state index contributed by atoms with van der Waals surface area (Å²) in [7, 11) is 1.99. The number of benzene rings is 1. The fourth-order valence-electron chi connectivity index (χ4n) is 4.19. The third-order valence-electron chi connectivity index (χ3n) is 6.28.